The van der Waals surface area contributed by atoms with E-state index in [0.717, 1.165) is 30.5 Å². The highest BCUT2D eigenvalue weighted by molar-refractivity contribution is 5.79. The SMILES string of the molecule is O=C1CCC(n2c(=O)[nH]c3c(c2=O)CCC3)CC1. The molecule has 0 spiro atoms. The highest BCUT2D eigenvalue weighted by atomic mass is 16.2. The molecule has 5 heteroatoms. The Kier molecular flexibility index (Phi) is 2.69. The Morgan fingerprint density at radius 1 is 1.00 bits per heavy atom. The molecule has 18 heavy (non-hydrogen) atoms. The summed E-state index contributed by atoms with van der Waals surface area (Å²) < 4.78 is 1.34. The Labute approximate surface area is 104 Å². The Hall–Kier alpha value is -1.65. The second kappa shape index (κ2) is 4.23. The van der Waals surface area contributed by atoms with Crippen LogP contribution in [0.3, 0.4) is 0 Å². The molecule has 0 saturated heterocycles. The van der Waals surface area contributed by atoms with Crippen LogP contribution in [0, 0.1) is 0 Å². The first-order valence-corrected chi connectivity index (χ1v) is 6.55. The summed E-state index contributed by atoms with van der Waals surface area (Å²) in [7, 11) is 0. The first kappa shape index (κ1) is 11.4. The third-order valence-electron chi connectivity index (χ3n) is 4.05. The van der Waals surface area contributed by atoms with Gasteiger partial charge in [0, 0.05) is 30.1 Å². The van der Waals surface area contributed by atoms with Gasteiger partial charge in [-0.15, -0.1) is 0 Å². The lowest BCUT2D eigenvalue weighted by molar-refractivity contribution is -0.120. The Bertz CT molecular complexity index is 602. The number of carbonyl (C=O) groups excluding carboxylic acids is 1. The predicted molar refractivity (Wildman–Crippen MR) is 65.9 cm³/mol. The van der Waals surface area contributed by atoms with Crippen LogP contribution in [0.1, 0.15) is 49.4 Å². The number of hydrogen-bond donors (Lipinski definition) is 1. The number of nitrogens with one attached hydrogen (secondary N) is 1. The lowest BCUT2D eigenvalue weighted by atomic mass is 9.94. The van der Waals surface area contributed by atoms with E-state index >= 15 is 0 Å². The van der Waals surface area contributed by atoms with Crippen molar-refractivity contribution in [2.24, 2.45) is 0 Å². The zero-order valence-corrected chi connectivity index (χ0v) is 10.2. The number of Topliss-reactive ketones (excluding diaryl/α,β-unsaturated/α-hetero) is 1. The van der Waals surface area contributed by atoms with E-state index in [0.29, 0.717) is 25.7 Å². The summed E-state index contributed by atoms with van der Waals surface area (Å²) >= 11 is 0. The topological polar surface area (TPSA) is 71.9 Å². The summed E-state index contributed by atoms with van der Waals surface area (Å²) in [4.78, 5) is 38.4. The van der Waals surface area contributed by atoms with Crippen molar-refractivity contribution in [1.29, 1.82) is 0 Å². The van der Waals surface area contributed by atoms with Crippen molar-refractivity contribution < 1.29 is 4.79 Å². The van der Waals surface area contributed by atoms with Crippen LogP contribution in [0.25, 0.3) is 0 Å². The van der Waals surface area contributed by atoms with Gasteiger partial charge in [0.1, 0.15) is 5.78 Å². The maximum absolute atomic E-state index is 12.3. The summed E-state index contributed by atoms with van der Waals surface area (Å²) in [6.45, 7) is 0. The van der Waals surface area contributed by atoms with Crippen molar-refractivity contribution in [2.75, 3.05) is 0 Å². The second-order valence-corrected chi connectivity index (χ2v) is 5.19. The third-order valence-corrected chi connectivity index (χ3v) is 4.05. The number of carbonyl (C=O) groups is 1. The van der Waals surface area contributed by atoms with Gasteiger partial charge in [-0.3, -0.25) is 14.2 Å². The number of rotatable bonds is 1. The predicted octanol–water partition coefficient (Wildman–Crippen LogP) is 0.710. The van der Waals surface area contributed by atoms with Gasteiger partial charge in [-0.25, -0.2) is 4.79 Å². The van der Waals surface area contributed by atoms with Crippen LogP contribution in [0.5, 0.6) is 0 Å². The van der Waals surface area contributed by atoms with E-state index in [1.807, 2.05) is 0 Å². The van der Waals surface area contributed by atoms with Gasteiger partial charge in [0.15, 0.2) is 0 Å². The molecule has 1 saturated carbocycles. The highest BCUT2D eigenvalue weighted by Crippen LogP contribution is 2.24. The average Bonchev–Trinajstić information content (AvgIpc) is 2.80. The van der Waals surface area contributed by atoms with E-state index in [1.165, 1.54) is 4.57 Å². The Morgan fingerprint density at radius 3 is 2.44 bits per heavy atom. The van der Waals surface area contributed by atoms with Crippen LogP contribution in [0.4, 0.5) is 0 Å². The molecule has 1 fully saturated rings. The monoisotopic (exact) mass is 248 g/mol. The molecule has 0 aromatic carbocycles. The molecule has 1 aromatic rings. The first-order chi connectivity index (χ1) is 8.66. The Morgan fingerprint density at radius 2 is 1.72 bits per heavy atom. The molecular formula is C13H16N2O3. The lowest BCUT2D eigenvalue weighted by Crippen LogP contribution is -2.41. The van der Waals surface area contributed by atoms with Crippen molar-refractivity contribution in [1.82, 2.24) is 9.55 Å². The number of fused-ring (bicyclic) bond motifs is 1. The van der Waals surface area contributed by atoms with Crippen LogP contribution >= 0.6 is 0 Å². The first-order valence-electron chi connectivity index (χ1n) is 6.55. The fourth-order valence-corrected chi connectivity index (χ4v) is 3.06. The normalized spacial score (nSPS) is 20.1. The fourth-order valence-electron chi connectivity index (χ4n) is 3.06. The van der Waals surface area contributed by atoms with Crippen molar-refractivity contribution in [3.63, 3.8) is 0 Å². The van der Waals surface area contributed by atoms with E-state index in [9.17, 15) is 14.4 Å². The zero-order valence-electron chi connectivity index (χ0n) is 10.2. The maximum Gasteiger partial charge on any atom is 0.328 e. The minimum absolute atomic E-state index is 0.107. The molecular weight excluding hydrogens is 232 g/mol. The smallest absolute Gasteiger partial charge is 0.311 e. The van der Waals surface area contributed by atoms with E-state index in [-0.39, 0.29) is 23.1 Å². The number of ketones is 1. The minimum Gasteiger partial charge on any atom is -0.311 e. The molecule has 0 aliphatic heterocycles. The van der Waals surface area contributed by atoms with Crippen molar-refractivity contribution in [2.45, 2.75) is 51.0 Å². The number of hydrogen-bond acceptors (Lipinski definition) is 3. The molecule has 2 aliphatic rings. The average molecular weight is 248 g/mol. The van der Waals surface area contributed by atoms with Gasteiger partial charge in [0.25, 0.3) is 5.56 Å². The Balaban J connectivity index is 2.05. The van der Waals surface area contributed by atoms with Gasteiger partial charge < -0.3 is 4.98 Å². The van der Waals surface area contributed by atoms with Crippen LogP contribution in [-0.2, 0) is 17.6 Å². The van der Waals surface area contributed by atoms with Gasteiger partial charge in [0.2, 0.25) is 0 Å². The van der Waals surface area contributed by atoms with Crippen LogP contribution < -0.4 is 11.2 Å². The zero-order chi connectivity index (χ0) is 12.7. The number of nitrogens with zero attached hydrogens (tertiary/aromatic N) is 1. The summed E-state index contributed by atoms with van der Waals surface area (Å²) in [6, 6.07) is -0.107. The van der Waals surface area contributed by atoms with Crippen molar-refractivity contribution >= 4 is 5.78 Å². The molecule has 0 unspecified atom stereocenters. The quantitative estimate of drug-likeness (QED) is 0.795. The molecule has 0 bridgehead atoms. The maximum atomic E-state index is 12.3. The van der Waals surface area contributed by atoms with Crippen molar-refractivity contribution in [3.05, 3.63) is 32.1 Å². The van der Waals surface area contributed by atoms with Gasteiger partial charge in [0.05, 0.1) is 0 Å². The standard InChI is InChI=1S/C13H16N2O3/c16-9-6-4-8(5-7-9)15-12(17)10-2-1-3-11(10)14-13(15)18/h8H,1-7H2,(H,14,18). The van der Waals surface area contributed by atoms with Gasteiger partial charge >= 0.3 is 5.69 Å². The molecule has 0 amide bonds. The number of aryl methyl sites for hydroxylation is 1. The molecule has 0 atom stereocenters. The number of H-pyrrole nitrogens is 1. The summed E-state index contributed by atoms with van der Waals surface area (Å²) in [6.07, 6.45) is 4.68. The largest absolute Gasteiger partial charge is 0.328 e. The highest BCUT2D eigenvalue weighted by Gasteiger charge is 2.26. The molecule has 0 radical (unpaired) electrons. The van der Waals surface area contributed by atoms with E-state index in [1.54, 1.807) is 0 Å². The van der Waals surface area contributed by atoms with Crippen LogP contribution in [-0.4, -0.2) is 15.3 Å². The number of aromatic nitrogens is 2. The second-order valence-electron chi connectivity index (χ2n) is 5.19. The van der Waals surface area contributed by atoms with Gasteiger partial charge in [-0.1, -0.05) is 0 Å². The minimum atomic E-state index is -0.306. The molecule has 3 rings (SSSR count). The number of aromatic amines is 1. The molecule has 1 heterocycles. The van der Waals surface area contributed by atoms with Crippen LogP contribution in [0.15, 0.2) is 9.59 Å². The molecule has 2 aliphatic carbocycles. The van der Waals surface area contributed by atoms with E-state index in [4.69, 9.17) is 0 Å². The van der Waals surface area contributed by atoms with Crippen molar-refractivity contribution in [3.8, 4) is 0 Å². The molecule has 96 valence electrons. The summed E-state index contributed by atoms with van der Waals surface area (Å²) in [5.74, 6) is 0.233. The summed E-state index contributed by atoms with van der Waals surface area (Å²) in [5, 5.41) is 0. The fraction of sp³-hybridized carbons (Fsp3) is 0.615. The molecule has 1 aromatic heterocycles. The van der Waals surface area contributed by atoms with Gasteiger partial charge in [-0.2, -0.15) is 0 Å². The lowest BCUT2D eigenvalue weighted by Gasteiger charge is -2.22. The van der Waals surface area contributed by atoms with Crippen LogP contribution in [0.2, 0.25) is 0 Å². The third kappa shape index (κ3) is 1.74. The summed E-state index contributed by atoms with van der Waals surface area (Å²) in [5.41, 5.74) is 1.14. The van der Waals surface area contributed by atoms with E-state index in [2.05, 4.69) is 4.98 Å². The molecule has 5 nitrogen and oxygen atoms in total. The van der Waals surface area contributed by atoms with Gasteiger partial charge in [-0.05, 0) is 32.1 Å². The van der Waals surface area contributed by atoms with E-state index < -0.39 is 0 Å². The molecule has 1 N–H and O–H groups in total.